The smallest absolute Gasteiger partial charge is 0.142 e. The van der Waals surface area contributed by atoms with Crippen molar-refractivity contribution < 1.29 is 4.74 Å². The summed E-state index contributed by atoms with van der Waals surface area (Å²) in [6.45, 7) is 8.58. The average molecular weight is 262 g/mol. The molecule has 3 nitrogen and oxygen atoms in total. The van der Waals surface area contributed by atoms with E-state index in [0.717, 1.165) is 38.4 Å². The summed E-state index contributed by atoms with van der Waals surface area (Å²) in [5.41, 5.74) is 1.26. The lowest BCUT2D eigenvalue weighted by Crippen LogP contribution is -2.27. The molecule has 0 fully saturated rings. The molecule has 2 rings (SSSR count). The third-order valence-electron chi connectivity index (χ3n) is 3.44. The summed E-state index contributed by atoms with van der Waals surface area (Å²) in [5, 5.41) is 3.47. The Morgan fingerprint density at radius 2 is 2.11 bits per heavy atom. The van der Waals surface area contributed by atoms with Gasteiger partial charge in [-0.25, -0.2) is 0 Å². The highest BCUT2D eigenvalue weighted by Gasteiger charge is 2.14. The van der Waals surface area contributed by atoms with Gasteiger partial charge in [-0.15, -0.1) is 0 Å². The first-order valence-electron chi connectivity index (χ1n) is 7.47. The first-order chi connectivity index (χ1) is 9.27. The number of hydrogen-bond donors (Lipinski definition) is 1. The van der Waals surface area contributed by atoms with E-state index in [1.807, 2.05) is 0 Å². The lowest BCUT2D eigenvalue weighted by Gasteiger charge is -2.23. The van der Waals surface area contributed by atoms with E-state index in [4.69, 9.17) is 4.74 Å². The first-order valence-corrected chi connectivity index (χ1v) is 7.47. The van der Waals surface area contributed by atoms with Gasteiger partial charge in [0.15, 0.2) is 0 Å². The van der Waals surface area contributed by atoms with Gasteiger partial charge in [0.05, 0.1) is 12.3 Å². The molecule has 0 aromatic heterocycles. The summed E-state index contributed by atoms with van der Waals surface area (Å²) in [6.07, 6.45) is 3.57. The zero-order valence-corrected chi connectivity index (χ0v) is 12.2. The minimum absolute atomic E-state index is 0.590. The van der Waals surface area contributed by atoms with Crippen LogP contribution >= 0.6 is 0 Å². The van der Waals surface area contributed by atoms with E-state index in [1.54, 1.807) is 0 Å². The highest BCUT2D eigenvalue weighted by molar-refractivity contribution is 5.58. The van der Waals surface area contributed by atoms with Crippen molar-refractivity contribution in [2.75, 3.05) is 31.1 Å². The highest BCUT2D eigenvalue weighted by Crippen LogP contribution is 2.30. The van der Waals surface area contributed by atoms with Gasteiger partial charge in [0, 0.05) is 19.1 Å². The molecule has 1 aliphatic rings. The fourth-order valence-electron chi connectivity index (χ4n) is 2.45. The van der Waals surface area contributed by atoms with Crippen molar-refractivity contribution in [3.8, 4) is 5.75 Å². The summed E-state index contributed by atoms with van der Waals surface area (Å²) in [5.74, 6) is 1.04. The molecule has 0 aliphatic carbocycles. The lowest BCUT2D eigenvalue weighted by molar-refractivity contribution is 0.322. The van der Waals surface area contributed by atoms with Crippen molar-refractivity contribution >= 4 is 5.69 Å². The van der Waals surface area contributed by atoms with Crippen LogP contribution in [0.2, 0.25) is 0 Å². The quantitative estimate of drug-likeness (QED) is 0.797. The predicted molar refractivity (Wildman–Crippen MR) is 81.1 cm³/mol. The van der Waals surface area contributed by atoms with Gasteiger partial charge in [0.1, 0.15) is 5.75 Å². The number of ether oxygens (including phenoxy) is 1. The minimum atomic E-state index is 0.590. The molecule has 0 saturated carbocycles. The van der Waals surface area contributed by atoms with Gasteiger partial charge in [-0.1, -0.05) is 26.0 Å². The largest absolute Gasteiger partial charge is 0.491 e. The normalized spacial score (nSPS) is 15.0. The molecule has 106 valence electrons. The van der Waals surface area contributed by atoms with Crippen LogP contribution < -0.4 is 15.0 Å². The Hall–Kier alpha value is -1.22. The molecule has 0 bridgehead atoms. The summed E-state index contributed by atoms with van der Waals surface area (Å²) >= 11 is 0. The van der Waals surface area contributed by atoms with Gasteiger partial charge in [0.25, 0.3) is 0 Å². The van der Waals surface area contributed by atoms with Crippen molar-refractivity contribution in [3.63, 3.8) is 0 Å². The topological polar surface area (TPSA) is 24.5 Å². The van der Waals surface area contributed by atoms with E-state index in [-0.39, 0.29) is 0 Å². The number of rotatable bonds is 6. The second-order valence-corrected chi connectivity index (χ2v) is 5.47. The lowest BCUT2D eigenvalue weighted by atomic mass is 10.2. The van der Waals surface area contributed by atoms with E-state index in [2.05, 4.69) is 48.3 Å². The van der Waals surface area contributed by atoms with Crippen LogP contribution in [-0.4, -0.2) is 32.3 Å². The molecule has 1 aromatic carbocycles. The van der Waals surface area contributed by atoms with Crippen molar-refractivity contribution in [2.45, 2.75) is 39.2 Å². The molecule has 1 heterocycles. The number of hydrogen-bond acceptors (Lipinski definition) is 3. The highest BCUT2D eigenvalue weighted by atomic mass is 16.5. The van der Waals surface area contributed by atoms with E-state index >= 15 is 0 Å². The minimum Gasteiger partial charge on any atom is -0.491 e. The Balaban J connectivity index is 1.83. The molecule has 0 atom stereocenters. The zero-order chi connectivity index (χ0) is 13.5. The molecule has 0 saturated heterocycles. The maximum absolute atomic E-state index is 5.78. The Kier molecular flexibility index (Phi) is 5.52. The molecule has 0 amide bonds. The molecule has 1 aromatic rings. The molecular weight excluding hydrogens is 236 g/mol. The molecule has 19 heavy (non-hydrogen) atoms. The maximum atomic E-state index is 5.78. The van der Waals surface area contributed by atoms with Gasteiger partial charge < -0.3 is 15.0 Å². The number of nitrogens with zero attached hydrogens (tertiary/aromatic N) is 1. The van der Waals surface area contributed by atoms with E-state index in [0.29, 0.717) is 6.04 Å². The standard InChI is InChI=1S/C16H26N2O/c1-14(2)17-10-5-6-11-18-12-7-13-19-16-9-4-3-8-15(16)18/h3-4,8-9,14,17H,5-7,10-13H2,1-2H3. The predicted octanol–water partition coefficient (Wildman–Crippen LogP) is 3.05. The monoisotopic (exact) mass is 262 g/mol. The van der Waals surface area contributed by atoms with Crippen LogP contribution in [0.1, 0.15) is 33.1 Å². The number of para-hydroxylation sites is 2. The number of unbranched alkanes of at least 4 members (excludes halogenated alkanes) is 1. The Morgan fingerprint density at radius 1 is 1.26 bits per heavy atom. The number of anilines is 1. The van der Waals surface area contributed by atoms with Crippen molar-refractivity contribution in [1.82, 2.24) is 5.32 Å². The third-order valence-corrected chi connectivity index (χ3v) is 3.44. The first kappa shape index (κ1) is 14.2. The summed E-state index contributed by atoms with van der Waals surface area (Å²) in [4.78, 5) is 2.47. The van der Waals surface area contributed by atoms with Gasteiger partial charge in [0.2, 0.25) is 0 Å². The van der Waals surface area contributed by atoms with Gasteiger partial charge in [-0.3, -0.25) is 0 Å². The number of benzene rings is 1. The molecule has 3 heteroatoms. The molecule has 1 aliphatic heterocycles. The van der Waals surface area contributed by atoms with Crippen LogP contribution in [0, 0.1) is 0 Å². The van der Waals surface area contributed by atoms with Crippen LogP contribution in [-0.2, 0) is 0 Å². The second-order valence-electron chi connectivity index (χ2n) is 5.47. The fourth-order valence-corrected chi connectivity index (χ4v) is 2.45. The van der Waals surface area contributed by atoms with Crippen LogP contribution in [0.15, 0.2) is 24.3 Å². The average Bonchev–Trinajstić information content (AvgIpc) is 2.61. The van der Waals surface area contributed by atoms with E-state index in [9.17, 15) is 0 Å². The van der Waals surface area contributed by atoms with E-state index in [1.165, 1.54) is 18.5 Å². The maximum Gasteiger partial charge on any atom is 0.142 e. The Bertz CT molecular complexity index is 379. The van der Waals surface area contributed by atoms with Crippen molar-refractivity contribution in [1.29, 1.82) is 0 Å². The number of fused-ring (bicyclic) bond motifs is 1. The third kappa shape index (κ3) is 4.43. The van der Waals surface area contributed by atoms with Crippen molar-refractivity contribution in [2.24, 2.45) is 0 Å². The van der Waals surface area contributed by atoms with Crippen LogP contribution in [0.25, 0.3) is 0 Å². The SMILES string of the molecule is CC(C)NCCCCN1CCCOc2ccccc21. The Morgan fingerprint density at radius 3 is 2.95 bits per heavy atom. The van der Waals surface area contributed by atoms with Crippen molar-refractivity contribution in [3.05, 3.63) is 24.3 Å². The summed E-state index contributed by atoms with van der Waals surface area (Å²) in [7, 11) is 0. The Labute approximate surface area is 116 Å². The second kappa shape index (κ2) is 7.39. The number of nitrogens with one attached hydrogen (secondary N) is 1. The van der Waals surface area contributed by atoms with Crippen LogP contribution in [0.3, 0.4) is 0 Å². The van der Waals surface area contributed by atoms with E-state index < -0.39 is 0 Å². The van der Waals surface area contributed by atoms with Gasteiger partial charge in [-0.2, -0.15) is 0 Å². The fraction of sp³-hybridized carbons (Fsp3) is 0.625. The van der Waals surface area contributed by atoms with Gasteiger partial charge >= 0.3 is 0 Å². The van der Waals surface area contributed by atoms with Crippen LogP contribution in [0.4, 0.5) is 5.69 Å². The molecular formula is C16H26N2O. The molecule has 0 spiro atoms. The zero-order valence-electron chi connectivity index (χ0n) is 12.2. The molecule has 0 radical (unpaired) electrons. The molecule has 0 unspecified atom stereocenters. The van der Waals surface area contributed by atoms with Gasteiger partial charge in [-0.05, 0) is 37.9 Å². The van der Waals surface area contributed by atoms with Crippen LogP contribution in [0.5, 0.6) is 5.75 Å². The molecule has 1 N–H and O–H groups in total. The summed E-state index contributed by atoms with van der Waals surface area (Å²) in [6, 6.07) is 8.99. The summed E-state index contributed by atoms with van der Waals surface area (Å²) < 4.78 is 5.78.